The molecule has 0 unspecified atom stereocenters. The molecule has 0 saturated heterocycles. The number of anilines is 1. The van der Waals surface area contributed by atoms with Gasteiger partial charge in [-0.15, -0.1) is 0 Å². The number of ether oxygens (including phenoxy) is 1. The Labute approximate surface area is 115 Å². The van der Waals surface area contributed by atoms with Crippen LogP contribution in [0, 0.1) is 15.9 Å². The number of pyridine rings is 1. The van der Waals surface area contributed by atoms with Crippen molar-refractivity contribution in [3.8, 4) is 11.5 Å². The van der Waals surface area contributed by atoms with Gasteiger partial charge in [0.25, 0.3) is 0 Å². The summed E-state index contributed by atoms with van der Waals surface area (Å²) >= 11 is 2.88. The number of rotatable bonds is 3. The van der Waals surface area contributed by atoms with Crippen molar-refractivity contribution in [2.45, 2.75) is 0 Å². The van der Waals surface area contributed by atoms with Crippen molar-refractivity contribution in [3.05, 3.63) is 51.0 Å². The number of nitrogen functional groups attached to an aromatic ring is 1. The SMILES string of the molecule is Nc1cncc(Oc2cc(F)c(Br)cc2[N+](=O)[O-])c1. The van der Waals surface area contributed by atoms with Crippen molar-refractivity contribution in [1.82, 2.24) is 4.98 Å². The fourth-order valence-electron chi connectivity index (χ4n) is 1.36. The molecule has 0 aliphatic heterocycles. The van der Waals surface area contributed by atoms with Gasteiger partial charge in [-0.05, 0) is 15.9 Å². The number of benzene rings is 1. The largest absolute Gasteiger partial charge is 0.448 e. The summed E-state index contributed by atoms with van der Waals surface area (Å²) in [5.41, 5.74) is 5.47. The smallest absolute Gasteiger partial charge is 0.312 e. The van der Waals surface area contributed by atoms with E-state index in [1.807, 2.05) is 0 Å². The topological polar surface area (TPSA) is 91.3 Å². The molecule has 0 amide bonds. The maximum absolute atomic E-state index is 13.4. The van der Waals surface area contributed by atoms with E-state index in [0.29, 0.717) is 5.69 Å². The molecule has 2 rings (SSSR count). The number of nitro groups is 1. The molecule has 2 aromatic rings. The molecular formula is C11H7BrFN3O3. The molecule has 1 aromatic heterocycles. The Balaban J connectivity index is 2.44. The second-order valence-corrected chi connectivity index (χ2v) is 4.40. The van der Waals surface area contributed by atoms with Crippen molar-refractivity contribution >= 4 is 27.3 Å². The van der Waals surface area contributed by atoms with Gasteiger partial charge in [-0.3, -0.25) is 15.1 Å². The lowest BCUT2D eigenvalue weighted by Crippen LogP contribution is -1.96. The van der Waals surface area contributed by atoms with Crippen molar-refractivity contribution < 1.29 is 14.1 Å². The van der Waals surface area contributed by atoms with E-state index in [0.717, 1.165) is 12.1 Å². The quantitative estimate of drug-likeness (QED) is 0.690. The van der Waals surface area contributed by atoms with E-state index in [2.05, 4.69) is 20.9 Å². The summed E-state index contributed by atoms with van der Waals surface area (Å²) in [5.74, 6) is -0.708. The molecule has 1 heterocycles. The Bertz CT molecular complexity index is 651. The van der Waals surface area contributed by atoms with E-state index in [9.17, 15) is 14.5 Å². The van der Waals surface area contributed by atoms with Gasteiger partial charge in [0.05, 0.1) is 27.5 Å². The van der Waals surface area contributed by atoms with Crippen LogP contribution in [0.4, 0.5) is 15.8 Å². The first-order valence-corrected chi connectivity index (χ1v) is 5.78. The molecule has 0 aliphatic rings. The molecule has 98 valence electrons. The number of halogens is 2. The third-order valence-corrected chi connectivity index (χ3v) is 2.77. The summed E-state index contributed by atoms with van der Waals surface area (Å²) in [6, 6.07) is 3.38. The third-order valence-electron chi connectivity index (χ3n) is 2.16. The molecule has 1 aromatic carbocycles. The van der Waals surface area contributed by atoms with E-state index in [-0.39, 0.29) is 21.7 Å². The van der Waals surface area contributed by atoms with Crippen LogP contribution in [0.5, 0.6) is 11.5 Å². The molecular weight excluding hydrogens is 321 g/mol. The summed E-state index contributed by atoms with van der Waals surface area (Å²) in [6.45, 7) is 0. The Morgan fingerprint density at radius 3 is 2.74 bits per heavy atom. The molecule has 0 fully saturated rings. The lowest BCUT2D eigenvalue weighted by Gasteiger charge is -2.07. The van der Waals surface area contributed by atoms with Crippen LogP contribution >= 0.6 is 15.9 Å². The minimum absolute atomic E-state index is 0.0164. The van der Waals surface area contributed by atoms with E-state index in [4.69, 9.17) is 10.5 Å². The molecule has 2 N–H and O–H groups in total. The van der Waals surface area contributed by atoms with Gasteiger partial charge in [-0.1, -0.05) is 0 Å². The van der Waals surface area contributed by atoms with Gasteiger partial charge < -0.3 is 10.5 Å². The van der Waals surface area contributed by atoms with Gasteiger partial charge in [0.2, 0.25) is 5.75 Å². The van der Waals surface area contributed by atoms with Crippen LogP contribution in [-0.4, -0.2) is 9.91 Å². The van der Waals surface area contributed by atoms with Crippen molar-refractivity contribution in [1.29, 1.82) is 0 Å². The summed E-state index contributed by atoms with van der Waals surface area (Å²) in [6.07, 6.45) is 2.71. The maximum Gasteiger partial charge on any atom is 0.312 e. The predicted octanol–water partition coefficient (Wildman–Crippen LogP) is 3.27. The van der Waals surface area contributed by atoms with Gasteiger partial charge in [0.15, 0.2) is 0 Å². The average molecular weight is 328 g/mol. The molecule has 0 spiro atoms. The van der Waals surface area contributed by atoms with E-state index in [1.165, 1.54) is 18.5 Å². The zero-order valence-corrected chi connectivity index (χ0v) is 10.9. The lowest BCUT2D eigenvalue weighted by atomic mass is 10.3. The first-order valence-electron chi connectivity index (χ1n) is 4.99. The standard InChI is InChI=1S/C11H7BrFN3O3/c12-8-2-10(16(17)18)11(3-9(8)13)19-7-1-6(14)4-15-5-7/h1-5H,14H2. The fourth-order valence-corrected chi connectivity index (χ4v) is 1.69. The monoisotopic (exact) mass is 327 g/mol. The second kappa shape index (κ2) is 5.19. The molecule has 8 heteroatoms. The van der Waals surface area contributed by atoms with Gasteiger partial charge in [-0.2, -0.15) is 0 Å². The zero-order chi connectivity index (χ0) is 14.0. The highest BCUT2D eigenvalue weighted by atomic mass is 79.9. The van der Waals surface area contributed by atoms with Gasteiger partial charge in [0, 0.05) is 18.2 Å². The van der Waals surface area contributed by atoms with Crippen LogP contribution in [0.2, 0.25) is 0 Å². The van der Waals surface area contributed by atoms with Gasteiger partial charge in [-0.25, -0.2) is 4.39 Å². The average Bonchev–Trinajstić information content (AvgIpc) is 2.33. The number of nitro benzene ring substituents is 1. The first kappa shape index (κ1) is 13.2. The Morgan fingerprint density at radius 1 is 1.37 bits per heavy atom. The normalized spacial score (nSPS) is 10.2. The number of hydrogen-bond acceptors (Lipinski definition) is 5. The Morgan fingerprint density at radius 2 is 2.11 bits per heavy atom. The molecule has 0 atom stereocenters. The number of nitrogens with two attached hydrogens (primary N) is 1. The van der Waals surface area contributed by atoms with Crippen LogP contribution < -0.4 is 10.5 Å². The number of aromatic nitrogens is 1. The van der Waals surface area contributed by atoms with Crippen LogP contribution in [0.15, 0.2) is 35.1 Å². The Hall–Kier alpha value is -2.22. The fraction of sp³-hybridized carbons (Fsp3) is 0. The van der Waals surface area contributed by atoms with E-state index < -0.39 is 10.7 Å². The van der Waals surface area contributed by atoms with E-state index in [1.54, 1.807) is 0 Å². The summed E-state index contributed by atoms with van der Waals surface area (Å²) in [5, 5.41) is 10.9. The van der Waals surface area contributed by atoms with Crippen LogP contribution in [0.1, 0.15) is 0 Å². The zero-order valence-electron chi connectivity index (χ0n) is 9.34. The first-order chi connectivity index (χ1) is 8.97. The van der Waals surface area contributed by atoms with Gasteiger partial charge >= 0.3 is 5.69 Å². The maximum atomic E-state index is 13.4. The molecule has 6 nitrogen and oxygen atoms in total. The second-order valence-electron chi connectivity index (χ2n) is 3.55. The summed E-state index contributed by atoms with van der Waals surface area (Å²) in [7, 11) is 0. The molecule has 0 bridgehead atoms. The van der Waals surface area contributed by atoms with Crippen LogP contribution in [-0.2, 0) is 0 Å². The highest BCUT2D eigenvalue weighted by Gasteiger charge is 2.19. The van der Waals surface area contributed by atoms with Crippen molar-refractivity contribution in [3.63, 3.8) is 0 Å². The highest BCUT2D eigenvalue weighted by molar-refractivity contribution is 9.10. The molecule has 0 radical (unpaired) electrons. The molecule has 0 saturated carbocycles. The number of hydrogen-bond donors (Lipinski definition) is 1. The summed E-state index contributed by atoms with van der Waals surface area (Å²) in [4.78, 5) is 14.0. The molecule has 0 aliphatic carbocycles. The highest BCUT2D eigenvalue weighted by Crippen LogP contribution is 2.35. The third kappa shape index (κ3) is 2.97. The van der Waals surface area contributed by atoms with Crippen molar-refractivity contribution in [2.24, 2.45) is 0 Å². The minimum Gasteiger partial charge on any atom is -0.448 e. The van der Waals surface area contributed by atoms with Crippen LogP contribution in [0.25, 0.3) is 0 Å². The minimum atomic E-state index is -0.669. The van der Waals surface area contributed by atoms with E-state index >= 15 is 0 Å². The van der Waals surface area contributed by atoms with Crippen LogP contribution in [0.3, 0.4) is 0 Å². The lowest BCUT2D eigenvalue weighted by molar-refractivity contribution is -0.385. The number of nitrogens with zero attached hydrogens (tertiary/aromatic N) is 2. The van der Waals surface area contributed by atoms with Crippen molar-refractivity contribution in [2.75, 3.05) is 5.73 Å². The molecule has 19 heavy (non-hydrogen) atoms. The predicted molar refractivity (Wildman–Crippen MR) is 69.5 cm³/mol. The summed E-state index contributed by atoms with van der Waals surface area (Å²) < 4.78 is 18.6. The Kier molecular flexibility index (Phi) is 3.61. The van der Waals surface area contributed by atoms with Gasteiger partial charge in [0.1, 0.15) is 11.6 Å².